The van der Waals surface area contributed by atoms with Crippen LogP contribution < -0.4 is 10.1 Å². The highest BCUT2D eigenvalue weighted by Gasteiger charge is 2.12. The van der Waals surface area contributed by atoms with Crippen LogP contribution in [0.25, 0.3) is 0 Å². The molecule has 140 valence electrons. The molecular formula is C22H29NO3. The standard InChI is InChI=1S/C22H29NO3/c1-3-4-5-6-8-13-18(2)25-22(24)23-20-16-11-12-17-21(20)26-19-14-9-7-10-15-19/h7,9-12,14-18H,3-6,8,13H2,1-2H3,(H,23,24). The first-order valence-electron chi connectivity index (χ1n) is 9.48. The summed E-state index contributed by atoms with van der Waals surface area (Å²) in [6.45, 7) is 4.14. The Morgan fingerprint density at radius 3 is 2.42 bits per heavy atom. The minimum atomic E-state index is -0.449. The molecule has 2 rings (SSSR count). The van der Waals surface area contributed by atoms with Crippen LogP contribution in [0.5, 0.6) is 11.5 Å². The van der Waals surface area contributed by atoms with Crippen LogP contribution in [0.2, 0.25) is 0 Å². The zero-order chi connectivity index (χ0) is 18.6. The highest BCUT2D eigenvalue weighted by molar-refractivity contribution is 5.86. The van der Waals surface area contributed by atoms with E-state index in [1.807, 2.05) is 55.5 Å². The van der Waals surface area contributed by atoms with Crippen molar-refractivity contribution in [3.63, 3.8) is 0 Å². The van der Waals surface area contributed by atoms with Gasteiger partial charge >= 0.3 is 6.09 Å². The fraction of sp³-hybridized carbons (Fsp3) is 0.409. The Kier molecular flexibility index (Phi) is 8.53. The van der Waals surface area contributed by atoms with Crippen LogP contribution in [0, 0.1) is 0 Å². The molecule has 2 aromatic rings. The number of hydrogen-bond donors (Lipinski definition) is 1. The third-order valence-corrected chi connectivity index (χ3v) is 4.12. The highest BCUT2D eigenvalue weighted by Crippen LogP contribution is 2.29. The summed E-state index contributed by atoms with van der Waals surface area (Å²) in [7, 11) is 0. The molecule has 4 nitrogen and oxygen atoms in total. The van der Waals surface area contributed by atoms with Crippen molar-refractivity contribution in [3.8, 4) is 11.5 Å². The quantitative estimate of drug-likeness (QED) is 0.478. The average Bonchev–Trinajstić information content (AvgIpc) is 2.64. The van der Waals surface area contributed by atoms with Crippen LogP contribution >= 0.6 is 0 Å². The van der Waals surface area contributed by atoms with Crippen molar-refractivity contribution in [1.29, 1.82) is 0 Å². The van der Waals surface area contributed by atoms with Gasteiger partial charge in [0, 0.05) is 0 Å². The zero-order valence-electron chi connectivity index (χ0n) is 15.7. The van der Waals surface area contributed by atoms with Crippen LogP contribution in [0.15, 0.2) is 54.6 Å². The van der Waals surface area contributed by atoms with E-state index in [9.17, 15) is 4.79 Å². The van der Waals surface area contributed by atoms with Crippen molar-refractivity contribution in [1.82, 2.24) is 0 Å². The minimum absolute atomic E-state index is 0.0983. The number of carbonyl (C=O) groups excluding carboxylic acids is 1. The third kappa shape index (κ3) is 7.18. The predicted molar refractivity (Wildman–Crippen MR) is 106 cm³/mol. The molecule has 4 heteroatoms. The second-order valence-electron chi connectivity index (χ2n) is 6.46. The number of anilines is 1. The van der Waals surface area contributed by atoms with Crippen LogP contribution in [-0.4, -0.2) is 12.2 Å². The van der Waals surface area contributed by atoms with Gasteiger partial charge in [-0.25, -0.2) is 4.79 Å². The van der Waals surface area contributed by atoms with Gasteiger partial charge in [-0.15, -0.1) is 0 Å². The first-order valence-corrected chi connectivity index (χ1v) is 9.48. The molecule has 0 fully saturated rings. The number of nitrogens with one attached hydrogen (secondary N) is 1. The topological polar surface area (TPSA) is 47.6 Å². The molecule has 1 unspecified atom stereocenters. The average molecular weight is 355 g/mol. The Balaban J connectivity index is 1.83. The van der Waals surface area contributed by atoms with Gasteiger partial charge in [-0.1, -0.05) is 62.9 Å². The Morgan fingerprint density at radius 2 is 1.65 bits per heavy atom. The van der Waals surface area contributed by atoms with Gasteiger partial charge < -0.3 is 9.47 Å². The van der Waals surface area contributed by atoms with Gasteiger partial charge in [0.2, 0.25) is 0 Å². The minimum Gasteiger partial charge on any atom is -0.455 e. The number of para-hydroxylation sites is 3. The fourth-order valence-corrected chi connectivity index (χ4v) is 2.69. The molecule has 0 radical (unpaired) electrons. The zero-order valence-corrected chi connectivity index (χ0v) is 15.7. The summed E-state index contributed by atoms with van der Waals surface area (Å²) in [5.41, 5.74) is 0.594. The third-order valence-electron chi connectivity index (χ3n) is 4.12. The van der Waals surface area contributed by atoms with E-state index in [1.165, 1.54) is 25.7 Å². The van der Waals surface area contributed by atoms with Crippen LogP contribution in [0.3, 0.4) is 0 Å². The van der Waals surface area contributed by atoms with Crippen molar-refractivity contribution >= 4 is 11.8 Å². The molecule has 0 aliphatic carbocycles. The van der Waals surface area contributed by atoms with E-state index in [0.29, 0.717) is 11.4 Å². The lowest BCUT2D eigenvalue weighted by molar-refractivity contribution is 0.114. The van der Waals surface area contributed by atoms with Gasteiger partial charge in [0.15, 0.2) is 5.75 Å². The second-order valence-corrected chi connectivity index (χ2v) is 6.46. The summed E-state index contributed by atoms with van der Waals surface area (Å²) in [4.78, 5) is 12.2. The van der Waals surface area contributed by atoms with Crippen LogP contribution in [0.1, 0.15) is 52.4 Å². The van der Waals surface area contributed by atoms with Gasteiger partial charge in [0.1, 0.15) is 11.9 Å². The maximum atomic E-state index is 12.2. The van der Waals surface area contributed by atoms with Crippen molar-refractivity contribution in [2.45, 2.75) is 58.5 Å². The van der Waals surface area contributed by atoms with E-state index in [0.717, 1.165) is 18.6 Å². The SMILES string of the molecule is CCCCCCCC(C)OC(=O)Nc1ccccc1Oc1ccccc1. The van der Waals surface area contributed by atoms with Gasteiger partial charge in [-0.2, -0.15) is 0 Å². The molecular weight excluding hydrogens is 326 g/mol. The molecule has 0 spiro atoms. The molecule has 26 heavy (non-hydrogen) atoms. The maximum absolute atomic E-state index is 12.2. The molecule has 1 atom stereocenters. The Bertz CT molecular complexity index is 657. The number of rotatable bonds is 10. The molecule has 0 saturated carbocycles. The van der Waals surface area contributed by atoms with Crippen molar-refractivity contribution in [2.75, 3.05) is 5.32 Å². The van der Waals surface area contributed by atoms with E-state index < -0.39 is 6.09 Å². The summed E-state index contributed by atoms with van der Waals surface area (Å²) in [5.74, 6) is 1.30. The van der Waals surface area contributed by atoms with Crippen molar-refractivity contribution < 1.29 is 14.3 Å². The summed E-state index contributed by atoms with van der Waals surface area (Å²) in [6, 6.07) is 16.8. The fourth-order valence-electron chi connectivity index (χ4n) is 2.69. The molecule has 0 aromatic heterocycles. The lowest BCUT2D eigenvalue weighted by Gasteiger charge is -2.15. The molecule has 2 aromatic carbocycles. The number of hydrogen-bond acceptors (Lipinski definition) is 3. The molecule has 0 saturated heterocycles. The van der Waals surface area contributed by atoms with Crippen molar-refractivity contribution in [3.05, 3.63) is 54.6 Å². The second kappa shape index (κ2) is 11.2. The molecule has 0 aliphatic heterocycles. The Labute approximate surface area is 156 Å². The normalized spacial score (nSPS) is 11.6. The summed E-state index contributed by atoms with van der Waals surface area (Å²) in [6.07, 6.45) is 6.37. The van der Waals surface area contributed by atoms with Crippen molar-refractivity contribution in [2.24, 2.45) is 0 Å². The molecule has 0 aliphatic rings. The first kappa shape index (κ1) is 19.8. The van der Waals surface area contributed by atoms with E-state index in [4.69, 9.17) is 9.47 Å². The van der Waals surface area contributed by atoms with Crippen LogP contribution in [0.4, 0.5) is 10.5 Å². The molecule has 0 heterocycles. The first-order chi connectivity index (χ1) is 12.7. The maximum Gasteiger partial charge on any atom is 0.412 e. The van der Waals surface area contributed by atoms with E-state index in [-0.39, 0.29) is 6.10 Å². The molecule has 0 bridgehead atoms. The Hall–Kier alpha value is -2.49. The monoisotopic (exact) mass is 355 g/mol. The van der Waals surface area contributed by atoms with Gasteiger partial charge in [-0.05, 0) is 44.0 Å². The smallest absolute Gasteiger partial charge is 0.412 e. The summed E-state index contributed by atoms with van der Waals surface area (Å²) < 4.78 is 11.3. The van der Waals surface area contributed by atoms with Gasteiger partial charge in [0.25, 0.3) is 0 Å². The number of benzene rings is 2. The lowest BCUT2D eigenvalue weighted by Crippen LogP contribution is -2.20. The Morgan fingerprint density at radius 1 is 0.962 bits per heavy atom. The number of amides is 1. The van der Waals surface area contributed by atoms with E-state index in [2.05, 4.69) is 12.2 Å². The van der Waals surface area contributed by atoms with E-state index >= 15 is 0 Å². The number of ether oxygens (including phenoxy) is 2. The summed E-state index contributed by atoms with van der Waals surface area (Å²) in [5, 5.41) is 2.79. The molecule has 1 amide bonds. The van der Waals surface area contributed by atoms with Gasteiger partial charge in [0.05, 0.1) is 5.69 Å². The predicted octanol–water partition coefficient (Wildman–Crippen LogP) is 6.78. The number of unbranched alkanes of at least 4 members (excludes halogenated alkanes) is 4. The van der Waals surface area contributed by atoms with E-state index in [1.54, 1.807) is 6.07 Å². The molecule has 1 N–H and O–H groups in total. The summed E-state index contributed by atoms with van der Waals surface area (Å²) >= 11 is 0. The lowest BCUT2D eigenvalue weighted by atomic mass is 10.1. The van der Waals surface area contributed by atoms with Gasteiger partial charge in [-0.3, -0.25) is 5.32 Å². The number of carbonyl (C=O) groups is 1. The van der Waals surface area contributed by atoms with Crippen LogP contribution in [-0.2, 0) is 4.74 Å². The largest absolute Gasteiger partial charge is 0.455 e. The highest BCUT2D eigenvalue weighted by atomic mass is 16.6.